The molecule has 5 nitrogen and oxygen atoms in total. The predicted molar refractivity (Wildman–Crippen MR) is 83.4 cm³/mol. The minimum Gasteiger partial charge on any atom is -0.264 e. The van der Waals surface area contributed by atoms with Crippen LogP contribution in [0.25, 0.3) is 0 Å². The van der Waals surface area contributed by atoms with Crippen molar-refractivity contribution in [3.05, 3.63) is 54.1 Å². The van der Waals surface area contributed by atoms with E-state index in [9.17, 15) is 12.6 Å². The van der Waals surface area contributed by atoms with Gasteiger partial charge in [-0.25, -0.2) is 8.42 Å². The molecule has 112 valence electrons. The minimum atomic E-state index is -3.87. The molecule has 0 aliphatic carbocycles. The Morgan fingerprint density at radius 2 is 1.77 bits per heavy atom. The largest absolute Gasteiger partial charge is 0.265 e. The second-order valence-corrected chi connectivity index (χ2v) is 8.07. The van der Waals surface area contributed by atoms with Gasteiger partial charge in [0.05, 0.1) is 26.9 Å². The minimum absolute atomic E-state index is 0.0278. The topological polar surface area (TPSA) is 78.2 Å². The standard InChI is InChI=1S/C15H12N2O3S2/c16-11-12-5-1-4-8-15(12)22(19,20)17-9-10-21(18)14-7-3-2-6-13(14)17/h1-8H,9-10H2. The fraction of sp³-hybridized carbons (Fsp3) is 0.133. The number of rotatable bonds is 2. The van der Waals surface area contributed by atoms with Crippen LogP contribution in [0.3, 0.4) is 0 Å². The molecule has 1 aliphatic heterocycles. The average molecular weight is 332 g/mol. The van der Waals surface area contributed by atoms with E-state index >= 15 is 0 Å². The van der Waals surface area contributed by atoms with E-state index in [4.69, 9.17) is 5.26 Å². The van der Waals surface area contributed by atoms with E-state index in [0.29, 0.717) is 10.6 Å². The summed E-state index contributed by atoms with van der Waals surface area (Å²) in [6.07, 6.45) is 0. The first-order valence-corrected chi connectivity index (χ1v) is 9.31. The summed E-state index contributed by atoms with van der Waals surface area (Å²) in [5, 5.41) is 9.14. The third kappa shape index (κ3) is 2.30. The Balaban J connectivity index is 2.18. The highest BCUT2D eigenvalue weighted by Gasteiger charge is 2.32. The van der Waals surface area contributed by atoms with E-state index in [1.165, 1.54) is 16.4 Å². The second-order valence-electron chi connectivity index (χ2n) is 4.70. The number of nitriles is 1. The van der Waals surface area contributed by atoms with Crippen molar-refractivity contribution in [1.82, 2.24) is 0 Å². The Labute approximate surface area is 131 Å². The molecule has 1 unspecified atom stereocenters. The lowest BCUT2D eigenvalue weighted by atomic mass is 10.2. The lowest BCUT2D eigenvalue weighted by Gasteiger charge is -2.30. The van der Waals surface area contributed by atoms with Gasteiger partial charge in [-0.1, -0.05) is 24.3 Å². The van der Waals surface area contributed by atoms with Crippen LogP contribution in [0.2, 0.25) is 0 Å². The lowest BCUT2D eigenvalue weighted by molar-refractivity contribution is 0.590. The molecule has 0 amide bonds. The summed E-state index contributed by atoms with van der Waals surface area (Å²) >= 11 is 0. The van der Waals surface area contributed by atoms with Crippen molar-refractivity contribution in [2.75, 3.05) is 16.6 Å². The number of hydrogen-bond acceptors (Lipinski definition) is 4. The van der Waals surface area contributed by atoms with Gasteiger partial charge < -0.3 is 0 Å². The van der Waals surface area contributed by atoms with E-state index in [-0.39, 0.29) is 22.8 Å². The molecule has 2 aromatic carbocycles. The maximum atomic E-state index is 12.9. The van der Waals surface area contributed by atoms with Crippen molar-refractivity contribution < 1.29 is 12.6 Å². The van der Waals surface area contributed by atoms with Gasteiger partial charge in [0.1, 0.15) is 11.0 Å². The number of para-hydroxylation sites is 1. The Bertz CT molecular complexity index is 901. The normalized spacial score (nSPS) is 17.6. The fourth-order valence-electron chi connectivity index (χ4n) is 2.40. The molecule has 0 radical (unpaired) electrons. The maximum Gasteiger partial charge on any atom is 0.265 e. The van der Waals surface area contributed by atoms with Gasteiger partial charge in [0.2, 0.25) is 0 Å². The summed E-state index contributed by atoms with van der Waals surface area (Å²) in [6, 6.07) is 14.8. The van der Waals surface area contributed by atoms with Crippen LogP contribution < -0.4 is 4.31 Å². The number of hydrogen-bond donors (Lipinski definition) is 0. The number of sulfonamides is 1. The molecule has 2 aromatic rings. The highest BCUT2D eigenvalue weighted by molar-refractivity contribution is 7.93. The molecule has 1 heterocycles. The van der Waals surface area contributed by atoms with Crippen molar-refractivity contribution in [3.63, 3.8) is 0 Å². The fourth-order valence-corrected chi connectivity index (χ4v) is 5.42. The zero-order valence-corrected chi connectivity index (χ0v) is 13.1. The van der Waals surface area contributed by atoms with Gasteiger partial charge in [-0.15, -0.1) is 0 Å². The zero-order valence-electron chi connectivity index (χ0n) is 11.5. The lowest BCUT2D eigenvalue weighted by Crippen LogP contribution is -2.38. The van der Waals surface area contributed by atoms with Gasteiger partial charge in [-0.2, -0.15) is 5.26 Å². The van der Waals surface area contributed by atoms with Crippen LogP contribution in [0.15, 0.2) is 58.3 Å². The molecule has 3 rings (SSSR count). The summed E-state index contributed by atoms with van der Waals surface area (Å²) in [6.45, 7) is 0.131. The van der Waals surface area contributed by atoms with Crippen LogP contribution >= 0.6 is 0 Å². The molecule has 22 heavy (non-hydrogen) atoms. The zero-order chi connectivity index (χ0) is 15.7. The molecular weight excluding hydrogens is 320 g/mol. The molecule has 0 aromatic heterocycles. The quantitative estimate of drug-likeness (QED) is 0.841. The Morgan fingerprint density at radius 1 is 1.09 bits per heavy atom. The second kappa shape index (κ2) is 5.55. The summed E-state index contributed by atoms with van der Waals surface area (Å²) in [5.41, 5.74) is 0.520. The van der Waals surface area contributed by atoms with Crippen LogP contribution in [0, 0.1) is 11.3 Å². The highest BCUT2D eigenvalue weighted by atomic mass is 32.2. The smallest absolute Gasteiger partial charge is 0.264 e. The number of fused-ring (bicyclic) bond motifs is 1. The molecule has 0 bridgehead atoms. The van der Waals surface area contributed by atoms with Crippen molar-refractivity contribution in [2.45, 2.75) is 9.79 Å². The third-order valence-corrected chi connectivity index (χ3v) is 6.70. The van der Waals surface area contributed by atoms with Gasteiger partial charge >= 0.3 is 0 Å². The van der Waals surface area contributed by atoms with E-state index in [1.54, 1.807) is 36.4 Å². The first kappa shape index (κ1) is 14.8. The molecule has 1 aliphatic rings. The van der Waals surface area contributed by atoms with Crippen molar-refractivity contribution >= 4 is 26.5 Å². The van der Waals surface area contributed by atoms with Gasteiger partial charge in [-0.05, 0) is 24.3 Å². The average Bonchev–Trinajstić information content (AvgIpc) is 2.55. The molecule has 0 saturated carbocycles. The molecule has 7 heteroatoms. The van der Waals surface area contributed by atoms with E-state index in [2.05, 4.69) is 0 Å². The SMILES string of the molecule is N#Cc1ccccc1S(=O)(=O)N1CCS(=O)c2ccccc21. The van der Waals surface area contributed by atoms with Crippen LogP contribution in [0.4, 0.5) is 5.69 Å². The number of nitrogens with zero attached hydrogens (tertiary/aromatic N) is 2. The Hall–Kier alpha value is -2.17. The predicted octanol–water partition coefficient (Wildman–Crippen LogP) is 1.87. The van der Waals surface area contributed by atoms with Crippen LogP contribution in [-0.2, 0) is 20.8 Å². The molecule has 0 fully saturated rings. The third-order valence-electron chi connectivity index (χ3n) is 3.43. The van der Waals surface area contributed by atoms with Crippen LogP contribution in [-0.4, -0.2) is 24.9 Å². The summed E-state index contributed by atoms with van der Waals surface area (Å²) < 4.78 is 39.1. The van der Waals surface area contributed by atoms with E-state index in [1.807, 2.05) is 6.07 Å². The Morgan fingerprint density at radius 3 is 2.55 bits per heavy atom. The number of benzene rings is 2. The van der Waals surface area contributed by atoms with E-state index < -0.39 is 20.8 Å². The van der Waals surface area contributed by atoms with Crippen LogP contribution in [0.1, 0.15) is 5.56 Å². The first-order chi connectivity index (χ1) is 10.6. The van der Waals surface area contributed by atoms with Gasteiger partial charge in [0.25, 0.3) is 10.0 Å². The van der Waals surface area contributed by atoms with Crippen LogP contribution in [0.5, 0.6) is 0 Å². The van der Waals surface area contributed by atoms with Gasteiger partial charge in [-0.3, -0.25) is 8.51 Å². The monoisotopic (exact) mass is 332 g/mol. The van der Waals surface area contributed by atoms with Crippen molar-refractivity contribution in [3.8, 4) is 6.07 Å². The molecule has 0 saturated heterocycles. The summed E-state index contributed by atoms with van der Waals surface area (Å²) in [7, 11) is -5.07. The molecular formula is C15H12N2O3S2. The van der Waals surface area contributed by atoms with E-state index in [0.717, 1.165) is 0 Å². The van der Waals surface area contributed by atoms with Crippen molar-refractivity contribution in [1.29, 1.82) is 5.26 Å². The Kier molecular flexibility index (Phi) is 3.72. The molecule has 0 spiro atoms. The van der Waals surface area contributed by atoms with Gasteiger partial charge in [0, 0.05) is 12.3 Å². The maximum absolute atomic E-state index is 12.9. The molecule has 1 atom stereocenters. The number of anilines is 1. The summed E-state index contributed by atoms with van der Waals surface area (Å²) in [4.78, 5) is 0.478. The van der Waals surface area contributed by atoms with Gasteiger partial charge in [0.15, 0.2) is 0 Å². The van der Waals surface area contributed by atoms with Crippen molar-refractivity contribution in [2.24, 2.45) is 0 Å². The molecule has 0 N–H and O–H groups in total. The first-order valence-electron chi connectivity index (χ1n) is 6.55. The highest BCUT2D eigenvalue weighted by Crippen LogP contribution is 2.33. The summed E-state index contributed by atoms with van der Waals surface area (Å²) in [5.74, 6) is 0.241.